The van der Waals surface area contributed by atoms with E-state index in [4.69, 9.17) is 0 Å². The standard InChI is InChI=1S/C14H24N2O/c17-14(11-13-5-8-15-9-6-13)16-10-7-12-3-1-2-4-12/h3,13,15H,1-2,4-11H2,(H,16,17). The van der Waals surface area contributed by atoms with Crippen LogP contribution in [0, 0.1) is 5.92 Å². The molecule has 1 aliphatic carbocycles. The molecule has 1 aliphatic heterocycles. The lowest BCUT2D eigenvalue weighted by atomic mass is 9.94. The number of carbonyl (C=O) groups excluding carboxylic acids is 1. The molecule has 0 atom stereocenters. The summed E-state index contributed by atoms with van der Waals surface area (Å²) in [7, 11) is 0. The van der Waals surface area contributed by atoms with Crippen molar-refractivity contribution in [2.24, 2.45) is 5.92 Å². The van der Waals surface area contributed by atoms with E-state index in [1.165, 1.54) is 24.8 Å². The Hall–Kier alpha value is -0.830. The summed E-state index contributed by atoms with van der Waals surface area (Å²) in [6.07, 6.45) is 10.2. The normalized spacial score (nSPS) is 21.3. The van der Waals surface area contributed by atoms with E-state index in [2.05, 4.69) is 16.7 Å². The van der Waals surface area contributed by atoms with Crippen LogP contribution in [-0.2, 0) is 4.79 Å². The van der Waals surface area contributed by atoms with Crippen LogP contribution in [0.3, 0.4) is 0 Å². The Morgan fingerprint density at radius 3 is 2.94 bits per heavy atom. The van der Waals surface area contributed by atoms with Gasteiger partial charge in [-0.05, 0) is 57.5 Å². The molecule has 1 amide bonds. The summed E-state index contributed by atoms with van der Waals surface area (Å²) < 4.78 is 0. The third-order valence-corrected chi connectivity index (χ3v) is 3.84. The average Bonchev–Trinajstić information content (AvgIpc) is 2.83. The zero-order valence-corrected chi connectivity index (χ0v) is 10.6. The molecular formula is C14H24N2O. The predicted octanol–water partition coefficient (Wildman–Crippen LogP) is 1.99. The summed E-state index contributed by atoms with van der Waals surface area (Å²) in [5.41, 5.74) is 1.53. The zero-order valence-electron chi connectivity index (χ0n) is 10.6. The van der Waals surface area contributed by atoms with Gasteiger partial charge in [-0.2, -0.15) is 0 Å². The highest BCUT2D eigenvalue weighted by molar-refractivity contribution is 5.76. The largest absolute Gasteiger partial charge is 0.356 e. The first-order valence-corrected chi connectivity index (χ1v) is 7.00. The molecule has 0 aromatic carbocycles. The van der Waals surface area contributed by atoms with E-state index in [9.17, 15) is 4.79 Å². The number of hydrogen-bond donors (Lipinski definition) is 2. The Morgan fingerprint density at radius 2 is 2.24 bits per heavy atom. The topological polar surface area (TPSA) is 41.1 Å². The van der Waals surface area contributed by atoms with Gasteiger partial charge in [0, 0.05) is 13.0 Å². The molecule has 96 valence electrons. The summed E-state index contributed by atoms with van der Waals surface area (Å²) in [6, 6.07) is 0. The van der Waals surface area contributed by atoms with Crippen LogP contribution < -0.4 is 10.6 Å². The first kappa shape index (κ1) is 12.6. The van der Waals surface area contributed by atoms with Crippen LogP contribution in [0.25, 0.3) is 0 Å². The van der Waals surface area contributed by atoms with Gasteiger partial charge in [0.05, 0.1) is 0 Å². The van der Waals surface area contributed by atoms with E-state index in [0.29, 0.717) is 5.92 Å². The quantitative estimate of drug-likeness (QED) is 0.717. The molecule has 0 aromatic rings. The van der Waals surface area contributed by atoms with Gasteiger partial charge in [-0.25, -0.2) is 0 Å². The van der Waals surface area contributed by atoms with E-state index in [0.717, 1.165) is 45.3 Å². The number of rotatable bonds is 5. The van der Waals surface area contributed by atoms with Crippen molar-refractivity contribution in [3.63, 3.8) is 0 Å². The SMILES string of the molecule is O=C(CC1CCNCC1)NCCC1=CCCC1. The Bertz CT molecular complexity index is 280. The fourth-order valence-corrected chi connectivity index (χ4v) is 2.75. The molecule has 1 fully saturated rings. The number of piperidine rings is 1. The molecule has 0 aromatic heterocycles. The summed E-state index contributed by atoms with van der Waals surface area (Å²) in [5.74, 6) is 0.845. The maximum atomic E-state index is 11.7. The molecule has 1 saturated heterocycles. The van der Waals surface area contributed by atoms with Crippen LogP contribution in [0.2, 0.25) is 0 Å². The third-order valence-electron chi connectivity index (χ3n) is 3.84. The summed E-state index contributed by atoms with van der Waals surface area (Å²) in [4.78, 5) is 11.7. The lowest BCUT2D eigenvalue weighted by molar-refractivity contribution is -0.122. The van der Waals surface area contributed by atoms with Crippen molar-refractivity contribution < 1.29 is 4.79 Å². The second kappa shape index (κ2) is 6.80. The Labute approximate surface area is 104 Å². The minimum atomic E-state index is 0.246. The number of carbonyl (C=O) groups is 1. The maximum Gasteiger partial charge on any atom is 0.220 e. The number of nitrogens with one attached hydrogen (secondary N) is 2. The van der Waals surface area contributed by atoms with Gasteiger partial charge in [0.15, 0.2) is 0 Å². The molecule has 2 N–H and O–H groups in total. The molecule has 0 radical (unpaired) electrons. The second-order valence-electron chi connectivity index (χ2n) is 5.25. The van der Waals surface area contributed by atoms with Gasteiger partial charge >= 0.3 is 0 Å². The number of allylic oxidation sites excluding steroid dienone is 1. The second-order valence-corrected chi connectivity index (χ2v) is 5.25. The van der Waals surface area contributed by atoms with Crippen molar-refractivity contribution in [3.05, 3.63) is 11.6 Å². The molecule has 2 rings (SSSR count). The Morgan fingerprint density at radius 1 is 1.41 bits per heavy atom. The van der Waals surface area contributed by atoms with Gasteiger partial charge < -0.3 is 10.6 Å². The van der Waals surface area contributed by atoms with E-state index in [-0.39, 0.29) is 5.91 Å². The van der Waals surface area contributed by atoms with E-state index >= 15 is 0 Å². The van der Waals surface area contributed by atoms with E-state index < -0.39 is 0 Å². The van der Waals surface area contributed by atoms with Crippen LogP contribution in [0.15, 0.2) is 11.6 Å². The van der Waals surface area contributed by atoms with Gasteiger partial charge in [-0.15, -0.1) is 0 Å². The lowest BCUT2D eigenvalue weighted by Crippen LogP contribution is -2.32. The molecule has 0 unspecified atom stereocenters. The van der Waals surface area contributed by atoms with Gasteiger partial charge in [0.25, 0.3) is 0 Å². The van der Waals surface area contributed by atoms with Gasteiger partial charge in [0.2, 0.25) is 5.91 Å². The van der Waals surface area contributed by atoms with E-state index in [1.807, 2.05) is 0 Å². The van der Waals surface area contributed by atoms with Crippen LogP contribution in [-0.4, -0.2) is 25.5 Å². The molecule has 2 aliphatic rings. The summed E-state index contributed by atoms with van der Waals surface area (Å²) in [6.45, 7) is 2.98. The minimum Gasteiger partial charge on any atom is -0.356 e. The lowest BCUT2D eigenvalue weighted by Gasteiger charge is -2.21. The van der Waals surface area contributed by atoms with Crippen molar-refractivity contribution in [3.8, 4) is 0 Å². The number of amides is 1. The summed E-state index contributed by atoms with van der Waals surface area (Å²) in [5, 5.41) is 6.39. The van der Waals surface area contributed by atoms with Crippen molar-refractivity contribution in [1.82, 2.24) is 10.6 Å². The highest BCUT2D eigenvalue weighted by atomic mass is 16.1. The average molecular weight is 236 g/mol. The molecule has 3 nitrogen and oxygen atoms in total. The first-order valence-electron chi connectivity index (χ1n) is 7.00. The fraction of sp³-hybridized carbons (Fsp3) is 0.786. The van der Waals surface area contributed by atoms with Gasteiger partial charge in [0.1, 0.15) is 0 Å². The van der Waals surface area contributed by atoms with Crippen molar-refractivity contribution in [1.29, 1.82) is 0 Å². The Kier molecular flexibility index (Phi) is 5.05. The molecule has 17 heavy (non-hydrogen) atoms. The smallest absolute Gasteiger partial charge is 0.220 e. The van der Waals surface area contributed by atoms with Crippen molar-refractivity contribution in [2.75, 3.05) is 19.6 Å². The van der Waals surface area contributed by atoms with Crippen molar-refractivity contribution >= 4 is 5.91 Å². The fourth-order valence-electron chi connectivity index (χ4n) is 2.75. The minimum absolute atomic E-state index is 0.246. The monoisotopic (exact) mass is 236 g/mol. The number of hydrogen-bond acceptors (Lipinski definition) is 2. The van der Waals surface area contributed by atoms with Crippen LogP contribution in [0.1, 0.15) is 44.9 Å². The molecule has 0 saturated carbocycles. The molecule has 0 bridgehead atoms. The van der Waals surface area contributed by atoms with Crippen LogP contribution in [0.4, 0.5) is 0 Å². The van der Waals surface area contributed by atoms with Crippen molar-refractivity contribution in [2.45, 2.75) is 44.9 Å². The molecule has 1 heterocycles. The van der Waals surface area contributed by atoms with Gasteiger partial charge in [-0.3, -0.25) is 4.79 Å². The van der Waals surface area contributed by atoms with Gasteiger partial charge in [-0.1, -0.05) is 11.6 Å². The van der Waals surface area contributed by atoms with Crippen LogP contribution in [0.5, 0.6) is 0 Å². The van der Waals surface area contributed by atoms with E-state index in [1.54, 1.807) is 0 Å². The highest BCUT2D eigenvalue weighted by Gasteiger charge is 2.16. The predicted molar refractivity (Wildman–Crippen MR) is 69.8 cm³/mol. The van der Waals surface area contributed by atoms with Crippen LogP contribution >= 0.6 is 0 Å². The summed E-state index contributed by atoms with van der Waals surface area (Å²) >= 11 is 0. The molecular weight excluding hydrogens is 212 g/mol. The Balaban J connectivity index is 1.56. The maximum absolute atomic E-state index is 11.7. The molecule has 3 heteroatoms. The zero-order chi connectivity index (χ0) is 11.9. The third kappa shape index (κ3) is 4.50. The first-order chi connectivity index (χ1) is 8.34. The highest BCUT2D eigenvalue weighted by Crippen LogP contribution is 2.20. The molecule has 0 spiro atoms.